The van der Waals surface area contributed by atoms with E-state index in [2.05, 4.69) is 41.3 Å². The molecule has 1 aromatic carbocycles. The lowest BCUT2D eigenvalue weighted by molar-refractivity contribution is -0.154. The van der Waals surface area contributed by atoms with Crippen LogP contribution in [0, 0.1) is 5.92 Å². The monoisotopic (exact) mass is 316 g/mol. The molecule has 0 unspecified atom stereocenters. The number of likely N-dealkylation sites (tertiary alicyclic amines) is 1. The van der Waals surface area contributed by atoms with E-state index in [0.29, 0.717) is 6.61 Å². The van der Waals surface area contributed by atoms with E-state index in [1.165, 1.54) is 16.5 Å². The fourth-order valence-electron chi connectivity index (χ4n) is 4.69. The molecule has 1 aromatic heterocycles. The van der Waals surface area contributed by atoms with Crippen molar-refractivity contribution >= 4 is 10.9 Å². The van der Waals surface area contributed by atoms with Gasteiger partial charge in [-0.2, -0.15) is 0 Å². The number of fused-ring (bicyclic) bond motifs is 2. The summed E-state index contributed by atoms with van der Waals surface area (Å²) in [5.41, 5.74) is 3.20. The predicted octanol–water partition coefficient (Wildman–Crippen LogP) is 1.24. The minimum absolute atomic E-state index is 0.0119. The van der Waals surface area contributed by atoms with Gasteiger partial charge >= 0.3 is 0 Å². The number of aromatic nitrogens is 1. The van der Waals surface area contributed by atoms with Gasteiger partial charge in [0.1, 0.15) is 5.60 Å². The Morgan fingerprint density at radius 3 is 3.04 bits per heavy atom. The van der Waals surface area contributed by atoms with Gasteiger partial charge in [-0.25, -0.2) is 0 Å². The molecule has 0 saturated carbocycles. The number of H-pyrrole nitrogens is 1. The highest BCUT2D eigenvalue weighted by atomic mass is 16.5. The molecule has 3 atom stereocenters. The van der Waals surface area contributed by atoms with Gasteiger partial charge in [-0.15, -0.1) is 0 Å². The zero-order chi connectivity index (χ0) is 16.0. The molecule has 1 aliphatic carbocycles. The minimum Gasteiger partial charge on any atom is -0.396 e. The van der Waals surface area contributed by atoms with Crippen LogP contribution in [0.5, 0.6) is 0 Å². The molecule has 5 heteroatoms. The van der Waals surface area contributed by atoms with E-state index in [1.807, 2.05) is 0 Å². The van der Waals surface area contributed by atoms with Gasteiger partial charge in [0, 0.05) is 36.3 Å². The third-order valence-corrected chi connectivity index (χ3v) is 5.57. The number of aromatic amines is 1. The molecule has 0 spiro atoms. The zero-order valence-corrected chi connectivity index (χ0v) is 13.5. The van der Waals surface area contributed by atoms with Gasteiger partial charge < -0.3 is 19.9 Å². The van der Waals surface area contributed by atoms with E-state index >= 15 is 0 Å². The molecule has 3 N–H and O–H groups in total. The van der Waals surface area contributed by atoms with Crippen molar-refractivity contribution < 1.29 is 14.9 Å². The number of aliphatic hydroxyl groups is 2. The van der Waals surface area contributed by atoms with Crippen molar-refractivity contribution in [1.82, 2.24) is 9.88 Å². The number of likely N-dealkylation sites (N-methyl/N-ethyl adjacent to an activating group) is 1. The smallest absolute Gasteiger partial charge is 0.110 e. The van der Waals surface area contributed by atoms with Crippen LogP contribution in [0.3, 0.4) is 0 Å². The number of piperidine rings is 1. The Bertz CT molecular complexity index is 713. The van der Waals surface area contributed by atoms with Crippen LogP contribution < -0.4 is 0 Å². The molecule has 2 heterocycles. The fourth-order valence-corrected chi connectivity index (χ4v) is 4.69. The maximum absolute atomic E-state index is 9.75. The van der Waals surface area contributed by atoms with Crippen LogP contribution in [0.25, 0.3) is 10.9 Å². The first-order chi connectivity index (χ1) is 11.2. The van der Waals surface area contributed by atoms with Crippen molar-refractivity contribution in [3.8, 4) is 0 Å². The lowest BCUT2D eigenvalue weighted by atomic mass is 9.68. The van der Waals surface area contributed by atoms with Crippen LogP contribution in [-0.2, 0) is 16.8 Å². The molecule has 1 fully saturated rings. The second-order valence-corrected chi connectivity index (χ2v) is 6.92. The minimum atomic E-state index is -0.460. The van der Waals surface area contributed by atoms with Gasteiger partial charge in [0.15, 0.2) is 0 Å². The molecular formula is C18H24N2O3. The second kappa shape index (κ2) is 5.60. The summed E-state index contributed by atoms with van der Waals surface area (Å²) in [6, 6.07) is 6.54. The van der Waals surface area contributed by atoms with E-state index in [4.69, 9.17) is 4.74 Å². The first-order valence-electron chi connectivity index (χ1n) is 8.35. The Labute approximate surface area is 135 Å². The van der Waals surface area contributed by atoms with E-state index in [9.17, 15) is 10.2 Å². The number of nitrogens with one attached hydrogen (secondary N) is 1. The summed E-state index contributed by atoms with van der Waals surface area (Å²) in [4.78, 5) is 5.69. The summed E-state index contributed by atoms with van der Waals surface area (Å²) in [7, 11) is 2.11. The maximum Gasteiger partial charge on any atom is 0.110 e. The number of nitrogens with zero attached hydrogens (tertiary/aromatic N) is 1. The Hall–Kier alpha value is -1.40. The van der Waals surface area contributed by atoms with Crippen molar-refractivity contribution in [2.45, 2.75) is 24.5 Å². The molecule has 4 rings (SSSR count). The van der Waals surface area contributed by atoms with Crippen LogP contribution in [0.4, 0.5) is 0 Å². The van der Waals surface area contributed by atoms with Crippen molar-refractivity contribution in [2.24, 2.45) is 5.92 Å². The molecule has 1 saturated heterocycles. The molecule has 5 nitrogen and oxygen atoms in total. The Kier molecular flexibility index (Phi) is 3.69. The summed E-state index contributed by atoms with van der Waals surface area (Å²) >= 11 is 0. The number of hydrogen-bond donors (Lipinski definition) is 3. The SMILES string of the molecule is CN1C[C@@H](CO)C[C@]2(OCCO)c3cccc4[nH]cc(c34)C[C@@H]12. The molecule has 0 amide bonds. The predicted molar refractivity (Wildman–Crippen MR) is 88.3 cm³/mol. The lowest BCUT2D eigenvalue weighted by Crippen LogP contribution is -2.60. The second-order valence-electron chi connectivity index (χ2n) is 6.92. The van der Waals surface area contributed by atoms with E-state index in [-0.39, 0.29) is 25.2 Å². The van der Waals surface area contributed by atoms with Crippen molar-refractivity contribution in [3.63, 3.8) is 0 Å². The molecule has 2 aromatic rings. The number of rotatable bonds is 4. The van der Waals surface area contributed by atoms with E-state index in [0.717, 1.165) is 24.9 Å². The van der Waals surface area contributed by atoms with E-state index in [1.54, 1.807) is 0 Å². The molecule has 23 heavy (non-hydrogen) atoms. The maximum atomic E-state index is 9.75. The number of ether oxygens (including phenoxy) is 1. The van der Waals surface area contributed by atoms with E-state index < -0.39 is 5.60 Å². The Morgan fingerprint density at radius 1 is 1.39 bits per heavy atom. The number of hydrogen-bond acceptors (Lipinski definition) is 4. The summed E-state index contributed by atoms with van der Waals surface area (Å²) < 4.78 is 6.33. The average Bonchev–Trinajstić information content (AvgIpc) is 2.99. The molecule has 0 radical (unpaired) electrons. The molecule has 1 aliphatic heterocycles. The quantitative estimate of drug-likeness (QED) is 0.794. The summed E-state index contributed by atoms with van der Waals surface area (Å²) in [5, 5.41) is 20.3. The largest absolute Gasteiger partial charge is 0.396 e. The van der Waals surface area contributed by atoms with Gasteiger partial charge in [-0.3, -0.25) is 4.90 Å². The summed E-state index contributed by atoms with van der Waals surface area (Å²) in [5.74, 6) is 0.186. The topological polar surface area (TPSA) is 68.7 Å². The average molecular weight is 316 g/mol. The van der Waals surface area contributed by atoms with Crippen LogP contribution in [-0.4, -0.2) is 59.6 Å². The van der Waals surface area contributed by atoms with Crippen LogP contribution in [0.2, 0.25) is 0 Å². The standard InChI is InChI=1S/C18H24N2O3/c1-20-10-12(11-22)8-18(23-6-5-21)14-3-2-4-15-17(14)13(9-19-15)7-16(18)20/h2-4,9,12,16,19,21-22H,5-8,10-11H2,1H3/t12-,16+,18-/m0/s1. The van der Waals surface area contributed by atoms with Gasteiger partial charge in [-0.05, 0) is 43.0 Å². The first kappa shape index (κ1) is 15.1. The molecular weight excluding hydrogens is 292 g/mol. The van der Waals surface area contributed by atoms with Gasteiger partial charge in [0.05, 0.1) is 13.2 Å². The third kappa shape index (κ3) is 2.15. The number of aliphatic hydroxyl groups excluding tert-OH is 2. The third-order valence-electron chi connectivity index (χ3n) is 5.57. The fraction of sp³-hybridized carbons (Fsp3) is 0.556. The zero-order valence-electron chi connectivity index (χ0n) is 13.5. The molecule has 124 valence electrons. The highest BCUT2D eigenvalue weighted by Gasteiger charge is 2.51. The Balaban J connectivity index is 1.91. The molecule has 2 aliphatic rings. The van der Waals surface area contributed by atoms with Crippen molar-refractivity contribution in [2.75, 3.05) is 33.4 Å². The first-order valence-corrected chi connectivity index (χ1v) is 8.35. The summed E-state index contributed by atoms with van der Waals surface area (Å²) in [6.07, 6.45) is 3.83. The number of benzene rings is 1. The normalized spacial score (nSPS) is 30.6. The summed E-state index contributed by atoms with van der Waals surface area (Å²) in [6.45, 7) is 1.37. The van der Waals surface area contributed by atoms with Gasteiger partial charge in [-0.1, -0.05) is 12.1 Å². The van der Waals surface area contributed by atoms with Gasteiger partial charge in [0.2, 0.25) is 0 Å². The van der Waals surface area contributed by atoms with Crippen molar-refractivity contribution in [3.05, 3.63) is 35.5 Å². The van der Waals surface area contributed by atoms with Crippen molar-refractivity contribution in [1.29, 1.82) is 0 Å². The van der Waals surface area contributed by atoms with Crippen LogP contribution >= 0.6 is 0 Å². The van der Waals surface area contributed by atoms with Crippen LogP contribution in [0.15, 0.2) is 24.4 Å². The molecule has 0 bridgehead atoms. The Morgan fingerprint density at radius 2 is 2.26 bits per heavy atom. The van der Waals surface area contributed by atoms with Gasteiger partial charge in [0.25, 0.3) is 0 Å². The highest BCUT2D eigenvalue weighted by molar-refractivity contribution is 5.88. The lowest BCUT2D eigenvalue weighted by Gasteiger charge is -2.53. The highest BCUT2D eigenvalue weighted by Crippen LogP contribution is 2.49. The van der Waals surface area contributed by atoms with Crippen LogP contribution in [0.1, 0.15) is 17.5 Å².